The van der Waals surface area contributed by atoms with E-state index in [0.29, 0.717) is 17.6 Å². The van der Waals surface area contributed by atoms with Crippen LogP contribution in [0.25, 0.3) is 0 Å². The largest absolute Gasteiger partial charge is 0.444 e. The van der Waals surface area contributed by atoms with E-state index in [1.165, 1.54) is 6.07 Å². The molecule has 0 saturated heterocycles. The van der Waals surface area contributed by atoms with Crippen LogP contribution in [0.4, 0.5) is 14.9 Å². The fraction of sp³-hybridized carbons (Fsp3) is 0.611. The minimum atomic E-state index is -0.502. The van der Waals surface area contributed by atoms with Gasteiger partial charge in [0.1, 0.15) is 11.4 Å². The lowest BCUT2D eigenvalue weighted by molar-refractivity contribution is 0.0526. The Morgan fingerprint density at radius 3 is 2.64 bits per heavy atom. The third-order valence-corrected chi connectivity index (χ3v) is 4.00. The van der Waals surface area contributed by atoms with Crippen molar-refractivity contribution in [1.82, 2.24) is 5.32 Å². The summed E-state index contributed by atoms with van der Waals surface area (Å²) in [6, 6.07) is 3.27. The molecule has 7 heteroatoms. The van der Waals surface area contributed by atoms with Crippen LogP contribution in [-0.2, 0) is 9.47 Å². The van der Waals surface area contributed by atoms with E-state index in [1.807, 2.05) is 27.7 Å². The molecule has 0 fully saturated rings. The molecule has 0 bridgehead atoms. The zero-order chi connectivity index (χ0) is 19.0. The smallest absolute Gasteiger partial charge is 0.407 e. The molecule has 0 radical (unpaired) electrons. The topological polar surface area (TPSA) is 59.6 Å². The van der Waals surface area contributed by atoms with Gasteiger partial charge in [0.05, 0.1) is 11.1 Å². The lowest BCUT2D eigenvalue weighted by Crippen LogP contribution is -2.34. The van der Waals surface area contributed by atoms with Gasteiger partial charge in [0, 0.05) is 25.4 Å². The third-order valence-electron chi connectivity index (χ3n) is 3.39. The number of alkyl carbamates (subject to hydrolysis) is 1. The molecule has 0 heterocycles. The lowest BCUT2D eigenvalue weighted by Gasteiger charge is -2.22. The number of nitrogens with one attached hydrogen (secondary N) is 2. The fourth-order valence-corrected chi connectivity index (χ4v) is 2.62. The monoisotopic (exact) mass is 418 g/mol. The van der Waals surface area contributed by atoms with Crippen LogP contribution in [0.1, 0.15) is 39.2 Å². The predicted octanol–water partition coefficient (Wildman–Crippen LogP) is 4.63. The Balaban J connectivity index is 2.50. The van der Waals surface area contributed by atoms with E-state index in [9.17, 15) is 9.18 Å². The molecule has 0 aliphatic rings. The van der Waals surface area contributed by atoms with E-state index in [2.05, 4.69) is 26.6 Å². The summed E-state index contributed by atoms with van der Waals surface area (Å²) in [5, 5.41) is 6.12. The van der Waals surface area contributed by atoms with Crippen LogP contribution in [0, 0.1) is 12.7 Å². The summed E-state index contributed by atoms with van der Waals surface area (Å²) in [5.74, 6) is -0.284. The second-order valence-electron chi connectivity index (χ2n) is 6.95. The van der Waals surface area contributed by atoms with E-state index < -0.39 is 11.7 Å². The first-order chi connectivity index (χ1) is 11.6. The van der Waals surface area contributed by atoms with Crippen LogP contribution in [0.3, 0.4) is 0 Å². The minimum absolute atomic E-state index is 0.0569. The molecule has 5 nitrogen and oxygen atoms in total. The van der Waals surface area contributed by atoms with Gasteiger partial charge in [-0.15, -0.1) is 0 Å². The van der Waals surface area contributed by atoms with Gasteiger partial charge in [0.15, 0.2) is 0 Å². The summed E-state index contributed by atoms with van der Waals surface area (Å²) in [6.07, 6.45) is 1.14. The van der Waals surface area contributed by atoms with E-state index in [-0.39, 0.29) is 11.9 Å². The van der Waals surface area contributed by atoms with Crippen molar-refractivity contribution in [2.24, 2.45) is 0 Å². The van der Waals surface area contributed by atoms with Gasteiger partial charge in [-0.2, -0.15) is 0 Å². The molecule has 142 valence electrons. The average molecular weight is 419 g/mol. The molecule has 1 atom stereocenters. The van der Waals surface area contributed by atoms with Crippen LogP contribution in [0.2, 0.25) is 0 Å². The third kappa shape index (κ3) is 8.54. The molecule has 1 unspecified atom stereocenters. The van der Waals surface area contributed by atoms with Gasteiger partial charge in [-0.25, -0.2) is 9.18 Å². The van der Waals surface area contributed by atoms with Crippen molar-refractivity contribution in [3.63, 3.8) is 0 Å². The summed E-state index contributed by atoms with van der Waals surface area (Å²) < 4.78 is 24.4. The number of rotatable bonds is 8. The molecular formula is C18H28BrFN2O3. The minimum Gasteiger partial charge on any atom is -0.444 e. The van der Waals surface area contributed by atoms with Crippen molar-refractivity contribution in [1.29, 1.82) is 0 Å². The maximum absolute atomic E-state index is 13.5. The highest BCUT2D eigenvalue weighted by molar-refractivity contribution is 9.10. The summed E-state index contributed by atoms with van der Waals surface area (Å²) in [4.78, 5) is 11.6. The number of benzene rings is 1. The summed E-state index contributed by atoms with van der Waals surface area (Å²) >= 11 is 3.21. The van der Waals surface area contributed by atoms with E-state index in [4.69, 9.17) is 9.47 Å². The molecular weight excluding hydrogens is 391 g/mol. The Kier molecular flexibility index (Phi) is 8.65. The SMILES string of the molecule is COCC(CCCNC(=O)OC(C)(C)C)Nc1cc(Br)c(F)cc1C. The Labute approximate surface area is 157 Å². The van der Waals surface area contributed by atoms with Crippen LogP contribution >= 0.6 is 15.9 Å². The molecule has 2 N–H and O–H groups in total. The van der Waals surface area contributed by atoms with Crippen molar-refractivity contribution < 1.29 is 18.7 Å². The van der Waals surface area contributed by atoms with Gasteiger partial charge in [-0.3, -0.25) is 0 Å². The highest BCUT2D eigenvalue weighted by atomic mass is 79.9. The van der Waals surface area contributed by atoms with Crippen LogP contribution in [0.15, 0.2) is 16.6 Å². The van der Waals surface area contributed by atoms with Crippen molar-refractivity contribution >= 4 is 27.7 Å². The molecule has 1 aromatic rings. The first kappa shape index (κ1) is 21.7. The highest BCUT2D eigenvalue weighted by Gasteiger charge is 2.16. The Morgan fingerprint density at radius 2 is 2.04 bits per heavy atom. The number of hydrogen-bond donors (Lipinski definition) is 2. The quantitative estimate of drug-likeness (QED) is 0.604. The molecule has 0 aromatic heterocycles. The number of anilines is 1. The molecule has 0 aliphatic carbocycles. The summed E-state index contributed by atoms with van der Waals surface area (Å²) in [7, 11) is 1.64. The van der Waals surface area contributed by atoms with E-state index in [0.717, 1.165) is 24.1 Å². The second kappa shape index (κ2) is 9.97. The van der Waals surface area contributed by atoms with E-state index >= 15 is 0 Å². The van der Waals surface area contributed by atoms with E-state index in [1.54, 1.807) is 13.2 Å². The van der Waals surface area contributed by atoms with Crippen LogP contribution < -0.4 is 10.6 Å². The van der Waals surface area contributed by atoms with Crippen molar-refractivity contribution in [2.45, 2.75) is 52.2 Å². The van der Waals surface area contributed by atoms with Crippen LogP contribution in [0.5, 0.6) is 0 Å². The molecule has 1 aromatic carbocycles. The number of hydrogen-bond acceptors (Lipinski definition) is 4. The predicted molar refractivity (Wildman–Crippen MR) is 102 cm³/mol. The van der Waals surface area contributed by atoms with Gasteiger partial charge in [0.25, 0.3) is 0 Å². The van der Waals surface area contributed by atoms with Gasteiger partial charge >= 0.3 is 6.09 Å². The highest BCUT2D eigenvalue weighted by Crippen LogP contribution is 2.25. The Morgan fingerprint density at radius 1 is 1.36 bits per heavy atom. The normalized spacial score (nSPS) is 12.6. The maximum Gasteiger partial charge on any atom is 0.407 e. The zero-order valence-electron chi connectivity index (χ0n) is 15.5. The lowest BCUT2D eigenvalue weighted by atomic mass is 10.1. The summed E-state index contributed by atoms with van der Waals surface area (Å²) in [6.45, 7) is 8.37. The number of ether oxygens (including phenoxy) is 2. The first-order valence-electron chi connectivity index (χ1n) is 8.30. The van der Waals surface area contributed by atoms with Gasteiger partial charge in [-0.1, -0.05) is 0 Å². The zero-order valence-corrected chi connectivity index (χ0v) is 17.1. The van der Waals surface area contributed by atoms with Crippen LogP contribution in [-0.4, -0.2) is 38.0 Å². The number of aryl methyl sites for hydroxylation is 1. The molecule has 0 aliphatic heterocycles. The van der Waals surface area contributed by atoms with Gasteiger partial charge < -0.3 is 20.1 Å². The molecule has 0 saturated carbocycles. The first-order valence-corrected chi connectivity index (χ1v) is 9.09. The summed E-state index contributed by atoms with van der Waals surface area (Å²) in [5.41, 5.74) is 1.18. The molecule has 1 amide bonds. The number of methoxy groups -OCH3 is 1. The van der Waals surface area contributed by atoms with Crippen molar-refractivity contribution in [3.8, 4) is 0 Å². The second-order valence-corrected chi connectivity index (χ2v) is 7.80. The van der Waals surface area contributed by atoms with Gasteiger partial charge in [0.2, 0.25) is 0 Å². The average Bonchev–Trinajstić information content (AvgIpc) is 2.47. The number of amides is 1. The standard InChI is InChI=1S/C18H28BrFN2O3/c1-12-9-15(20)14(19)10-16(12)22-13(11-24-5)7-6-8-21-17(23)25-18(2,3)4/h9-10,13,22H,6-8,11H2,1-5H3,(H,21,23). The fourth-order valence-electron chi connectivity index (χ4n) is 2.27. The van der Waals surface area contributed by atoms with Gasteiger partial charge in [-0.05, 0) is 74.2 Å². The molecule has 0 spiro atoms. The number of carbonyl (C=O) groups excluding carboxylic acids is 1. The number of carbonyl (C=O) groups is 1. The molecule has 1 rings (SSSR count). The Hall–Kier alpha value is -1.34. The van der Waals surface area contributed by atoms with Crippen molar-refractivity contribution in [2.75, 3.05) is 25.6 Å². The van der Waals surface area contributed by atoms with Crippen molar-refractivity contribution in [3.05, 3.63) is 28.0 Å². The molecule has 25 heavy (non-hydrogen) atoms. The number of halogens is 2. The Bertz CT molecular complexity index is 576. The maximum atomic E-state index is 13.5.